The molecule has 0 aromatic rings. The van der Waals surface area contributed by atoms with Gasteiger partial charge >= 0.3 is 42.1 Å². The molecule has 0 aliphatic carbocycles. The average Bonchev–Trinajstić information content (AvgIpc) is 0.811. The first kappa shape index (κ1) is 34.5. The Kier molecular flexibility index (Phi) is 103. The molecule has 0 saturated carbocycles. The zero-order valence-electron chi connectivity index (χ0n) is 3.47. The quantitative estimate of drug-likeness (QED) is 0.493. The van der Waals surface area contributed by atoms with Gasteiger partial charge in [-0.2, -0.15) is 0 Å². The second kappa shape index (κ2) is 23.9. The van der Waals surface area contributed by atoms with Gasteiger partial charge in [0.2, 0.25) is 0 Å². The van der Waals surface area contributed by atoms with Crippen LogP contribution < -0.4 is 0 Å². The van der Waals surface area contributed by atoms with Gasteiger partial charge in [-0.15, -0.1) is 0 Å². The summed E-state index contributed by atoms with van der Waals surface area (Å²) in [6.45, 7) is 0. The molecule has 0 aromatic heterocycles. The van der Waals surface area contributed by atoms with Crippen LogP contribution in [-0.4, -0.2) is 21.9 Å². The standard InChI is InChI=1S/3ClH.4H2O.Rh/h3*1H;4*1H2;/q;;;;;;;+3/p-3. The van der Waals surface area contributed by atoms with Crippen LogP contribution in [0.25, 0.3) is 0 Å². The normalized spacial score (nSPS) is 5.62. The molecule has 0 radical (unpaired) electrons. The molecule has 0 unspecified atom stereocenters. The monoisotopic (exact) mass is 280 g/mol. The third kappa shape index (κ3) is 165. The Morgan fingerprint density at radius 1 is 0.625 bits per heavy atom. The van der Waals surface area contributed by atoms with Gasteiger partial charge in [0.15, 0.2) is 0 Å². The van der Waals surface area contributed by atoms with Crippen LogP contribution in [-0.2, 0) is 13.0 Å². The number of halogens is 3. The van der Waals surface area contributed by atoms with Crippen molar-refractivity contribution >= 4 is 29.1 Å². The molecular formula is H8Cl3O4Rh. The van der Waals surface area contributed by atoms with Crippen LogP contribution in [0.2, 0.25) is 0 Å². The van der Waals surface area contributed by atoms with Gasteiger partial charge in [-0.25, -0.2) is 0 Å². The summed E-state index contributed by atoms with van der Waals surface area (Å²) < 4.78 is 0. The molecule has 0 saturated heterocycles. The molecule has 0 bridgehead atoms. The summed E-state index contributed by atoms with van der Waals surface area (Å²) in [4.78, 5) is 0. The van der Waals surface area contributed by atoms with Gasteiger partial charge in [-0.1, -0.05) is 0 Å². The molecule has 4 nitrogen and oxygen atoms in total. The Bertz CT molecular complexity index is 16.0. The molecule has 0 aliphatic heterocycles. The summed E-state index contributed by atoms with van der Waals surface area (Å²) >= 11 is -1.66. The Morgan fingerprint density at radius 2 is 0.625 bits per heavy atom. The van der Waals surface area contributed by atoms with Gasteiger partial charge in [0, 0.05) is 0 Å². The van der Waals surface area contributed by atoms with E-state index in [4.69, 9.17) is 29.1 Å². The van der Waals surface area contributed by atoms with Crippen LogP contribution in [0.5, 0.6) is 0 Å². The van der Waals surface area contributed by atoms with Gasteiger partial charge in [0.1, 0.15) is 0 Å². The van der Waals surface area contributed by atoms with Crippen molar-refractivity contribution in [2.24, 2.45) is 0 Å². The fraction of sp³-hybridized carbons (Fsp3) is 0. The molecule has 8 heteroatoms. The maximum atomic E-state index is 4.94. The predicted octanol–water partition coefficient (Wildman–Crippen LogP) is -1.23. The van der Waals surface area contributed by atoms with E-state index in [-0.39, 0.29) is 21.9 Å². The van der Waals surface area contributed by atoms with Crippen molar-refractivity contribution in [1.29, 1.82) is 0 Å². The van der Waals surface area contributed by atoms with Crippen molar-refractivity contribution in [3.8, 4) is 0 Å². The SMILES string of the molecule is O.O.O.O.[Cl][Rh]([Cl])[Cl]. The van der Waals surface area contributed by atoms with E-state index in [1.54, 1.807) is 0 Å². The van der Waals surface area contributed by atoms with E-state index in [9.17, 15) is 0 Å². The Balaban J connectivity index is -0.00000000750. The third-order valence-electron chi connectivity index (χ3n) is 0. The van der Waals surface area contributed by atoms with Gasteiger partial charge in [0.05, 0.1) is 0 Å². The van der Waals surface area contributed by atoms with Gasteiger partial charge < -0.3 is 21.9 Å². The Morgan fingerprint density at radius 3 is 0.625 bits per heavy atom. The summed E-state index contributed by atoms with van der Waals surface area (Å²) in [7, 11) is 14.8. The Hall–Kier alpha value is 1.33. The van der Waals surface area contributed by atoms with E-state index < -0.39 is 13.0 Å². The molecule has 0 spiro atoms. The summed E-state index contributed by atoms with van der Waals surface area (Å²) in [5.41, 5.74) is 0. The zero-order chi connectivity index (χ0) is 3.58. The van der Waals surface area contributed by atoms with E-state index in [1.165, 1.54) is 0 Å². The van der Waals surface area contributed by atoms with Crippen LogP contribution >= 0.6 is 29.1 Å². The minimum absolute atomic E-state index is 0. The van der Waals surface area contributed by atoms with Crippen molar-refractivity contribution in [2.75, 3.05) is 0 Å². The van der Waals surface area contributed by atoms with E-state index in [2.05, 4.69) is 0 Å². The molecule has 0 aliphatic rings. The fourth-order valence-corrected chi connectivity index (χ4v) is 0. The number of hydrogen-bond donors (Lipinski definition) is 0. The maximum absolute atomic E-state index is 4.94. The van der Waals surface area contributed by atoms with E-state index in [1.807, 2.05) is 0 Å². The first-order valence-electron chi connectivity index (χ1n) is 0.378. The van der Waals surface area contributed by atoms with Crippen LogP contribution in [0, 0.1) is 0 Å². The van der Waals surface area contributed by atoms with Crippen molar-refractivity contribution < 1.29 is 34.9 Å². The molecule has 8 heavy (non-hydrogen) atoms. The van der Waals surface area contributed by atoms with Crippen LogP contribution in [0.15, 0.2) is 0 Å². The number of hydrogen-bond acceptors (Lipinski definition) is 0. The van der Waals surface area contributed by atoms with Crippen molar-refractivity contribution in [2.45, 2.75) is 0 Å². The topological polar surface area (TPSA) is 126 Å². The molecule has 0 amide bonds. The van der Waals surface area contributed by atoms with Crippen molar-refractivity contribution in [3.63, 3.8) is 0 Å². The summed E-state index contributed by atoms with van der Waals surface area (Å²) in [6, 6.07) is 0. The number of rotatable bonds is 0. The van der Waals surface area contributed by atoms with E-state index in [0.29, 0.717) is 0 Å². The zero-order valence-corrected chi connectivity index (χ0v) is 7.37. The first-order chi connectivity index (χ1) is 1.73. The van der Waals surface area contributed by atoms with Crippen molar-refractivity contribution in [1.82, 2.24) is 0 Å². The van der Waals surface area contributed by atoms with Crippen molar-refractivity contribution in [3.05, 3.63) is 0 Å². The van der Waals surface area contributed by atoms with E-state index in [0.717, 1.165) is 0 Å². The molecule has 0 rings (SSSR count). The van der Waals surface area contributed by atoms with Crippen LogP contribution in [0.1, 0.15) is 0 Å². The Labute approximate surface area is 64.0 Å². The molecule has 62 valence electrons. The molecule has 0 heterocycles. The van der Waals surface area contributed by atoms with Crippen LogP contribution in [0.4, 0.5) is 0 Å². The third-order valence-corrected chi connectivity index (χ3v) is 0. The molecule has 0 atom stereocenters. The second-order valence-corrected chi connectivity index (χ2v) is 7.61. The average molecular weight is 281 g/mol. The van der Waals surface area contributed by atoms with Crippen LogP contribution in [0.3, 0.4) is 0 Å². The minimum atomic E-state index is -1.66. The second-order valence-electron chi connectivity index (χ2n) is 0.143. The molecule has 0 aromatic carbocycles. The summed E-state index contributed by atoms with van der Waals surface area (Å²) in [5, 5.41) is 0. The molecule has 0 fully saturated rings. The summed E-state index contributed by atoms with van der Waals surface area (Å²) in [6.07, 6.45) is 0. The summed E-state index contributed by atoms with van der Waals surface area (Å²) in [5.74, 6) is 0. The predicted molar refractivity (Wildman–Crippen MR) is 32.0 cm³/mol. The molecule has 8 N–H and O–H groups in total. The van der Waals surface area contributed by atoms with Gasteiger partial charge in [0.25, 0.3) is 0 Å². The van der Waals surface area contributed by atoms with Gasteiger partial charge in [-0.05, 0) is 0 Å². The fourth-order valence-electron chi connectivity index (χ4n) is 0. The van der Waals surface area contributed by atoms with Gasteiger partial charge in [-0.3, -0.25) is 0 Å². The molecular weight excluding hydrogens is 273 g/mol. The van der Waals surface area contributed by atoms with E-state index >= 15 is 0 Å². The first-order valence-corrected chi connectivity index (χ1v) is 6.71.